The molecule has 0 amide bonds. The Morgan fingerprint density at radius 1 is 1.09 bits per heavy atom. The van der Waals surface area contributed by atoms with E-state index in [1.165, 1.54) is 12.7 Å². The van der Waals surface area contributed by atoms with Gasteiger partial charge >= 0.3 is 5.97 Å². The Balaban J connectivity index is 1.74. The van der Waals surface area contributed by atoms with Crippen molar-refractivity contribution in [2.24, 2.45) is 0 Å². The molecule has 5 nitrogen and oxygen atoms in total. The van der Waals surface area contributed by atoms with Crippen molar-refractivity contribution in [3.63, 3.8) is 0 Å². The molecule has 1 aliphatic heterocycles. The molecule has 0 fully saturated rings. The van der Waals surface area contributed by atoms with Gasteiger partial charge in [0.05, 0.1) is 26.3 Å². The molecule has 1 atom stereocenters. The fraction of sp³-hybridized carbons (Fsp3) is 0.278. The first-order valence-electron chi connectivity index (χ1n) is 7.57. The Morgan fingerprint density at radius 3 is 2.57 bits per heavy atom. The second kappa shape index (κ2) is 6.71. The van der Waals surface area contributed by atoms with Gasteiger partial charge < -0.3 is 19.5 Å². The molecule has 120 valence electrons. The van der Waals surface area contributed by atoms with Crippen molar-refractivity contribution in [3.8, 4) is 11.5 Å². The lowest BCUT2D eigenvalue weighted by molar-refractivity contribution is -0.727. The fourth-order valence-corrected chi connectivity index (χ4v) is 2.85. The van der Waals surface area contributed by atoms with E-state index >= 15 is 0 Å². The van der Waals surface area contributed by atoms with Crippen LogP contribution in [0.15, 0.2) is 42.5 Å². The van der Waals surface area contributed by atoms with Gasteiger partial charge in [0, 0.05) is 6.42 Å². The highest BCUT2D eigenvalue weighted by Crippen LogP contribution is 2.39. The number of quaternary nitrogens is 1. The van der Waals surface area contributed by atoms with E-state index < -0.39 is 0 Å². The molecule has 0 unspecified atom stereocenters. The number of ether oxygens (including phenoxy) is 3. The molecular formula is C18H20NO4+. The quantitative estimate of drug-likeness (QED) is 0.824. The highest BCUT2D eigenvalue weighted by atomic mass is 16.6. The van der Waals surface area contributed by atoms with Crippen LogP contribution in [0.1, 0.15) is 27.7 Å². The lowest BCUT2D eigenvalue weighted by Crippen LogP contribution is -2.85. The summed E-state index contributed by atoms with van der Waals surface area (Å²) in [6.45, 7) is 0.829. The van der Waals surface area contributed by atoms with Crippen LogP contribution in [0.4, 0.5) is 0 Å². The molecule has 2 N–H and O–H groups in total. The predicted molar refractivity (Wildman–Crippen MR) is 84.6 cm³/mol. The van der Waals surface area contributed by atoms with Crippen LogP contribution in [-0.4, -0.2) is 26.7 Å². The van der Waals surface area contributed by atoms with E-state index in [0.29, 0.717) is 17.1 Å². The van der Waals surface area contributed by atoms with E-state index in [4.69, 9.17) is 14.2 Å². The molecule has 5 heteroatoms. The number of carbonyl (C=O) groups excluding carboxylic acids is 1. The molecule has 23 heavy (non-hydrogen) atoms. The molecule has 2 aromatic rings. The van der Waals surface area contributed by atoms with Gasteiger partial charge in [0.15, 0.2) is 11.5 Å². The molecule has 2 aromatic carbocycles. The second-order valence-corrected chi connectivity index (χ2v) is 5.35. The lowest BCUT2D eigenvalue weighted by atomic mass is 10.1. The van der Waals surface area contributed by atoms with Crippen molar-refractivity contribution in [2.75, 3.05) is 20.8 Å². The number of benzene rings is 2. The highest BCUT2D eigenvalue weighted by Gasteiger charge is 2.37. The van der Waals surface area contributed by atoms with Gasteiger partial charge in [0.25, 0.3) is 6.23 Å². The van der Waals surface area contributed by atoms with Gasteiger partial charge in [-0.15, -0.1) is 0 Å². The predicted octanol–water partition coefficient (Wildman–Crippen LogP) is 1.68. The monoisotopic (exact) mass is 314 g/mol. The first-order valence-corrected chi connectivity index (χ1v) is 7.57. The van der Waals surface area contributed by atoms with Gasteiger partial charge in [0.1, 0.15) is 5.56 Å². The molecule has 3 rings (SSSR count). The van der Waals surface area contributed by atoms with Crippen LogP contribution in [0.25, 0.3) is 0 Å². The molecule has 1 aliphatic rings. The maximum Gasteiger partial charge on any atom is 0.347 e. The SMILES string of the molecule is COc1ccc2c(c1OC)C(=O)O[C@H]2[NH2+]CCc1ccccc1. The summed E-state index contributed by atoms with van der Waals surface area (Å²) >= 11 is 0. The minimum atomic E-state index is -0.364. The number of methoxy groups -OCH3 is 2. The van der Waals surface area contributed by atoms with Gasteiger partial charge in [-0.2, -0.15) is 0 Å². The van der Waals surface area contributed by atoms with Gasteiger partial charge in [-0.05, 0) is 17.7 Å². The number of hydrogen-bond acceptors (Lipinski definition) is 4. The number of esters is 1. The van der Waals surface area contributed by atoms with Gasteiger partial charge in [0.2, 0.25) is 0 Å². The standard InChI is InChI=1S/C18H19NO4/c1-21-14-9-8-13-15(16(14)22-2)18(20)23-17(13)19-11-10-12-6-4-3-5-7-12/h3-9,17,19H,10-11H2,1-2H3/p+1/t17-/m1/s1. The summed E-state index contributed by atoms with van der Waals surface area (Å²) in [6.07, 6.45) is 0.582. The Morgan fingerprint density at radius 2 is 1.87 bits per heavy atom. The summed E-state index contributed by atoms with van der Waals surface area (Å²) in [5.41, 5.74) is 2.56. The highest BCUT2D eigenvalue weighted by molar-refractivity contribution is 5.97. The minimum Gasteiger partial charge on any atom is -0.493 e. The number of nitrogens with two attached hydrogens (primary N) is 1. The van der Waals surface area contributed by atoms with E-state index in [1.807, 2.05) is 29.6 Å². The Bertz CT molecular complexity index is 700. The van der Waals surface area contributed by atoms with Crippen molar-refractivity contribution >= 4 is 5.97 Å². The number of fused-ring (bicyclic) bond motifs is 1. The van der Waals surface area contributed by atoms with Crippen molar-refractivity contribution in [2.45, 2.75) is 12.6 Å². The normalized spacial score (nSPS) is 15.9. The van der Waals surface area contributed by atoms with Crippen LogP contribution in [0.2, 0.25) is 0 Å². The maximum absolute atomic E-state index is 12.2. The van der Waals surface area contributed by atoms with Gasteiger partial charge in [-0.25, -0.2) is 4.79 Å². The number of cyclic esters (lactones) is 1. The zero-order valence-corrected chi connectivity index (χ0v) is 13.2. The molecule has 0 saturated carbocycles. The van der Waals surface area contributed by atoms with Crippen molar-refractivity contribution in [1.82, 2.24) is 0 Å². The third kappa shape index (κ3) is 3.00. The van der Waals surface area contributed by atoms with E-state index in [-0.39, 0.29) is 12.2 Å². The topological polar surface area (TPSA) is 61.4 Å². The third-order valence-electron chi connectivity index (χ3n) is 3.98. The lowest BCUT2D eigenvalue weighted by Gasteiger charge is -2.11. The number of rotatable bonds is 6. The summed E-state index contributed by atoms with van der Waals surface area (Å²) in [6, 6.07) is 13.9. The van der Waals surface area contributed by atoms with Crippen LogP contribution >= 0.6 is 0 Å². The summed E-state index contributed by atoms with van der Waals surface area (Å²) in [7, 11) is 3.08. The first kappa shape index (κ1) is 15.4. The Hall–Kier alpha value is -2.53. The number of carbonyl (C=O) groups is 1. The number of hydrogen-bond donors (Lipinski definition) is 1. The minimum absolute atomic E-state index is 0.332. The smallest absolute Gasteiger partial charge is 0.347 e. The average Bonchev–Trinajstić information content (AvgIpc) is 2.91. The van der Waals surface area contributed by atoms with Crippen molar-refractivity contribution in [1.29, 1.82) is 0 Å². The molecule has 0 aliphatic carbocycles. The van der Waals surface area contributed by atoms with Crippen LogP contribution in [0, 0.1) is 0 Å². The van der Waals surface area contributed by atoms with Crippen molar-refractivity contribution in [3.05, 3.63) is 59.2 Å². The third-order valence-corrected chi connectivity index (χ3v) is 3.98. The molecule has 0 spiro atoms. The van der Waals surface area contributed by atoms with Gasteiger partial charge in [-0.3, -0.25) is 0 Å². The molecule has 0 saturated heterocycles. The summed E-state index contributed by atoms with van der Waals surface area (Å²) in [5.74, 6) is 0.610. The van der Waals surface area contributed by atoms with E-state index in [1.54, 1.807) is 13.2 Å². The maximum atomic E-state index is 12.2. The van der Waals surface area contributed by atoms with Crippen molar-refractivity contribution < 1.29 is 24.3 Å². The van der Waals surface area contributed by atoms with Crippen LogP contribution in [-0.2, 0) is 11.2 Å². The first-order chi connectivity index (χ1) is 11.2. The molecule has 0 aromatic heterocycles. The van der Waals surface area contributed by atoms with E-state index in [9.17, 15) is 4.79 Å². The molecule has 1 heterocycles. The second-order valence-electron chi connectivity index (χ2n) is 5.35. The largest absolute Gasteiger partial charge is 0.493 e. The van der Waals surface area contributed by atoms with Crippen LogP contribution in [0.3, 0.4) is 0 Å². The summed E-state index contributed by atoms with van der Waals surface area (Å²) in [5, 5.41) is 2.03. The fourth-order valence-electron chi connectivity index (χ4n) is 2.85. The zero-order chi connectivity index (χ0) is 16.2. The molecule has 0 radical (unpaired) electrons. The van der Waals surface area contributed by atoms with Crippen LogP contribution < -0.4 is 14.8 Å². The van der Waals surface area contributed by atoms with Crippen LogP contribution in [0.5, 0.6) is 11.5 Å². The zero-order valence-electron chi connectivity index (χ0n) is 13.2. The average molecular weight is 314 g/mol. The molecule has 0 bridgehead atoms. The van der Waals surface area contributed by atoms with E-state index in [0.717, 1.165) is 18.5 Å². The summed E-state index contributed by atoms with van der Waals surface area (Å²) < 4.78 is 16.1. The van der Waals surface area contributed by atoms with Gasteiger partial charge in [-0.1, -0.05) is 30.3 Å². The Kier molecular flexibility index (Phi) is 4.48. The molecular weight excluding hydrogens is 294 g/mol. The summed E-state index contributed by atoms with van der Waals surface area (Å²) in [4.78, 5) is 12.2. The Labute approximate surface area is 135 Å². The van der Waals surface area contributed by atoms with E-state index in [2.05, 4.69) is 12.1 Å².